The molecule has 0 bridgehead atoms. The van der Waals surface area contributed by atoms with Gasteiger partial charge in [-0.25, -0.2) is 4.98 Å². The van der Waals surface area contributed by atoms with Crippen LogP contribution in [0.15, 0.2) is 30.5 Å². The van der Waals surface area contributed by atoms with Crippen molar-refractivity contribution in [3.05, 3.63) is 46.5 Å². The molecule has 1 saturated heterocycles. The van der Waals surface area contributed by atoms with Crippen LogP contribution in [-0.4, -0.2) is 42.0 Å². The molecule has 1 fully saturated rings. The molecule has 1 amide bonds. The highest BCUT2D eigenvalue weighted by Crippen LogP contribution is 2.36. The molecule has 2 aromatic rings. The van der Waals surface area contributed by atoms with Gasteiger partial charge in [0, 0.05) is 26.2 Å². The summed E-state index contributed by atoms with van der Waals surface area (Å²) < 4.78 is 38.0. The third-order valence-electron chi connectivity index (χ3n) is 4.28. The minimum absolute atomic E-state index is 0.0454. The van der Waals surface area contributed by atoms with Crippen molar-refractivity contribution in [3.8, 4) is 0 Å². The van der Waals surface area contributed by atoms with E-state index in [9.17, 15) is 18.0 Å². The highest BCUT2D eigenvalue weighted by atomic mass is 32.1. The van der Waals surface area contributed by atoms with Crippen molar-refractivity contribution in [1.29, 1.82) is 0 Å². The molecule has 0 spiro atoms. The molecular weight excluding hydrogens is 351 g/mol. The Morgan fingerprint density at radius 2 is 1.88 bits per heavy atom. The van der Waals surface area contributed by atoms with Gasteiger partial charge in [0.25, 0.3) is 0 Å². The number of rotatable bonds is 3. The first-order valence-corrected chi connectivity index (χ1v) is 8.76. The molecule has 0 unspecified atom stereocenters. The fourth-order valence-electron chi connectivity index (χ4n) is 2.77. The maximum absolute atomic E-state index is 12.7. The van der Waals surface area contributed by atoms with Crippen LogP contribution in [0.3, 0.4) is 0 Å². The maximum atomic E-state index is 12.7. The van der Waals surface area contributed by atoms with Crippen molar-refractivity contribution >= 4 is 22.4 Å². The summed E-state index contributed by atoms with van der Waals surface area (Å²) in [7, 11) is 0. The first-order valence-electron chi connectivity index (χ1n) is 7.95. The molecule has 3 rings (SSSR count). The van der Waals surface area contributed by atoms with E-state index in [1.165, 1.54) is 0 Å². The molecule has 25 heavy (non-hydrogen) atoms. The van der Waals surface area contributed by atoms with Gasteiger partial charge in [-0.3, -0.25) is 4.79 Å². The van der Waals surface area contributed by atoms with Crippen LogP contribution in [0, 0.1) is 6.92 Å². The zero-order chi connectivity index (χ0) is 18.0. The van der Waals surface area contributed by atoms with Gasteiger partial charge in [-0.2, -0.15) is 13.2 Å². The quantitative estimate of drug-likeness (QED) is 0.832. The SMILES string of the molecule is Cc1ccccc1CC(=O)N1CCN(c2ncc(C(F)(F)F)s2)CC1. The fourth-order valence-corrected chi connectivity index (χ4v) is 3.61. The van der Waals surface area contributed by atoms with Crippen LogP contribution in [0.5, 0.6) is 0 Å². The molecule has 0 N–H and O–H groups in total. The number of anilines is 1. The lowest BCUT2D eigenvalue weighted by atomic mass is 10.1. The van der Waals surface area contributed by atoms with Gasteiger partial charge in [0.2, 0.25) is 5.91 Å². The number of alkyl halides is 3. The maximum Gasteiger partial charge on any atom is 0.427 e. The predicted molar refractivity (Wildman–Crippen MR) is 90.8 cm³/mol. The van der Waals surface area contributed by atoms with E-state index in [0.717, 1.165) is 17.3 Å². The second-order valence-electron chi connectivity index (χ2n) is 5.98. The van der Waals surface area contributed by atoms with Gasteiger partial charge in [-0.05, 0) is 18.1 Å². The van der Waals surface area contributed by atoms with Gasteiger partial charge >= 0.3 is 6.18 Å². The van der Waals surface area contributed by atoms with Crippen molar-refractivity contribution in [2.45, 2.75) is 19.5 Å². The summed E-state index contributed by atoms with van der Waals surface area (Å²) in [6, 6.07) is 7.76. The Hall–Kier alpha value is -2.09. The molecule has 8 heteroatoms. The summed E-state index contributed by atoms with van der Waals surface area (Å²) in [6.07, 6.45) is -3.14. The molecule has 1 aromatic carbocycles. The Morgan fingerprint density at radius 3 is 2.48 bits per heavy atom. The van der Waals surface area contributed by atoms with Gasteiger partial charge in [-0.1, -0.05) is 35.6 Å². The van der Waals surface area contributed by atoms with Gasteiger partial charge in [0.05, 0.1) is 12.6 Å². The third kappa shape index (κ3) is 4.12. The van der Waals surface area contributed by atoms with E-state index < -0.39 is 11.1 Å². The number of halogens is 3. The van der Waals surface area contributed by atoms with Crippen LogP contribution in [0.1, 0.15) is 16.0 Å². The minimum Gasteiger partial charge on any atom is -0.345 e. The Kier molecular flexibility index (Phi) is 4.99. The Labute approximate surface area is 147 Å². The molecule has 1 aliphatic rings. The normalized spacial score (nSPS) is 15.5. The average Bonchev–Trinajstić information content (AvgIpc) is 3.07. The molecule has 134 valence electrons. The number of aromatic nitrogens is 1. The summed E-state index contributed by atoms with van der Waals surface area (Å²) in [5.41, 5.74) is 2.08. The smallest absolute Gasteiger partial charge is 0.345 e. The average molecular weight is 369 g/mol. The molecule has 0 saturated carbocycles. The minimum atomic E-state index is -4.36. The van der Waals surface area contributed by atoms with Crippen LogP contribution in [-0.2, 0) is 17.4 Å². The summed E-state index contributed by atoms with van der Waals surface area (Å²) in [5, 5.41) is 0.360. The van der Waals surface area contributed by atoms with Crippen molar-refractivity contribution in [1.82, 2.24) is 9.88 Å². The molecular formula is C17H18F3N3OS. The summed E-state index contributed by atoms with van der Waals surface area (Å²) in [5.74, 6) is 0.0454. The number of aryl methyl sites for hydroxylation is 1. The number of hydrogen-bond donors (Lipinski definition) is 0. The first kappa shape index (κ1) is 17.7. The zero-order valence-corrected chi connectivity index (χ0v) is 14.5. The van der Waals surface area contributed by atoms with Crippen molar-refractivity contribution < 1.29 is 18.0 Å². The summed E-state index contributed by atoms with van der Waals surface area (Å²) >= 11 is 0.647. The molecule has 4 nitrogen and oxygen atoms in total. The number of carbonyl (C=O) groups is 1. The Bertz CT molecular complexity index is 752. The van der Waals surface area contributed by atoms with E-state index in [0.29, 0.717) is 49.1 Å². The fraction of sp³-hybridized carbons (Fsp3) is 0.412. The second kappa shape index (κ2) is 7.03. The monoisotopic (exact) mass is 369 g/mol. The zero-order valence-electron chi connectivity index (χ0n) is 13.7. The van der Waals surface area contributed by atoms with Crippen LogP contribution >= 0.6 is 11.3 Å². The molecule has 0 aliphatic carbocycles. The number of carbonyl (C=O) groups excluding carboxylic acids is 1. The topological polar surface area (TPSA) is 36.4 Å². The lowest BCUT2D eigenvalue weighted by molar-refractivity contribution is -0.134. The van der Waals surface area contributed by atoms with Gasteiger partial charge in [0.1, 0.15) is 4.88 Å². The highest BCUT2D eigenvalue weighted by molar-refractivity contribution is 7.15. The number of hydrogen-bond acceptors (Lipinski definition) is 4. The largest absolute Gasteiger partial charge is 0.427 e. The van der Waals surface area contributed by atoms with E-state index in [2.05, 4.69) is 4.98 Å². The van der Waals surface area contributed by atoms with Crippen molar-refractivity contribution in [2.75, 3.05) is 31.1 Å². The summed E-state index contributed by atoms with van der Waals surface area (Å²) in [4.78, 5) is 19.2. The van der Waals surface area contributed by atoms with Crippen LogP contribution in [0.25, 0.3) is 0 Å². The van der Waals surface area contributed by atoms with Crippen molar-refractivity contribution in [3.63, 3.8) is 0 Å². The lowest BCUT2D eigenvalue weighted by Gasteiger charge is -2.34. The van der Waals surface area contributed by atoms with Gasteiger partial charge in [-0.15, -0.1) is 0 Å². The molecule has 0 atom stereocenters. The Balaban J connectivity index is 1.57. The number of thiazole rings is 1. The summed E-state index contributed by atoms with van der Waals surface area (Å²) in [6.45, 7) is 3.94. The molecule has 1 aromatic heterocycles. The number of nitrogens with zero attached hydrogens (tertiary/aromatic N) is 3. The molecule has 2 heterocycles. The number of benzene rings is 1. The van der Waals surface area contributed by atoms with Gasteiger partial charge in [0.15, 0.2) is 5.13 Å². The van der Waals surface area contributed by atoms with Crippen LogP contribution in [0.2, 0.25) is 0 Å². The first-order chi connectivity index (χ1) is 11.8. The van der Waals surface area contributed by atoms with Crippen molar-refractivity contribution in [2.24, 2.45) is 0 Å². The van der Waals surface area contributed by atoms with E-state index in [1.807, 2.05) is 31.2 Å². The van der Waals surface area contributed by atoms with E-state index >= 15 is 0 Å². The lowest BCUT2D eigenvalue weighted by Crippen LogP contribution is -2.49. The van der Waals surface area contributed by atoms with Crippen LogP contribution < -0.4 is 4.90 Å². The second-order valence-corrected chi connectivity index (χ2v) is 6.99. The number of amides is 1. The number of piperazine rings is 1. The highest BCUT2D eigenvalue weighted by Gasteiger charge is 2.34. The van der Waals surface area contributed by atoms with Gasteiger partial charge < -0.3 is 9.80 Å². The Morgan fingerprint density at radius 1 is 1.20 bits per heavy atom. The predicted octanol–water partition coefficient (Wildman–Crippen LogP) is 3.36. The standard InChI is InChI=1S/C17H18F3N3OS/c1-12-4-2-3-5-13(12)10-15(24)22-6-8-23(9-7-22)16-21-11-14(25-16)17(18,19)20/h2-5,11H,6-10H2,1H3. The van der Waals surface area contributed by atoms with E-state index in [4.69, 9.17) is 0 Å². The molecule has 0 radical (unpaired) electrons. The molecule has 1 aliphatic heterocycles. The van der Waals surface area contributed by atoms with E-state index in [1.54, 1.807) is 9.80 Å². The third-order valence-corrected chi connectivity index (χ3v) is 5.38. The van der Waals surface area contributed by atoms with E-state index in [-0.39, 0.29) is 5.91 Å². The van der Waals surface area contributed by atoms with Crippen LogP contribution in [0.4, 0.5) is 18.3 Å².